The number of morpholine rings is 1. The number of hydrogen-bond acceptors (Lipinski definition) is 6. The predicted octanol–water partition coefficient (Wildman–Crippen LogP) is 2.02. The summed E-state index contributed by atoms with van der Waals surface area (Å²) in [5.41, 5.74) is 1.02. The zero-order chi connectivity index (χ0) is 12.4. The zero-order valence-electron chi connectivity index (χ0n) is 10.2. The van der Waals surface area contributed by atoms with Crippen LogP contribution in [-0.2, 0) is 11.3 Å². The van der Waals surface area contributed by atoms with E-state index in [1.165, 1.54) is 0 Å². The molecule has 1 unspecified atom stereocenters. The van der Waals surface area contributed by atoms with E-state index in [0.717, 1.165) is 25.3 Å². The van der Waals surface area contributed by atoms with Crippen LogP contribution in [0.2, 0.25) is 0 Å². The van der Waals surface area contributed by atoms with Gasteiger partial charge in [0.25, 0.3) is 0 Å². The lowest BCUT2D eigenvalue weighted by Crippen LogP contribution is -2.40. The van der Waals surface area contributed by atoms with Crippen LogP contribution in [-0.4, -0.2) is 40.8 Å². The molecular weight excluding hydrogens is 250 g/mol. The van der Waals surface area contributed by atoms with Crippen molar-refractivity contribution in [3.63, 3.8) is 0 Å². The first-order valence-corrected chi connectivity index (χ1v) is 6.94. The fourth-order valence-electron chi connectivity index (χ4n) is 2.05. The van der Waals surface area contributed by atoms with Crippen LogP contribution < -0.4 is 0 Å². The minimum absolute atomic E-state index is 0.276. The molecule has 0 saturated carbocycles. The summed E-state index contributed by atoms with van der Waals surface area (Å²) < 4.78 is 10.8. The van der Waals surface area contributed by atoms with Gasteiger partial charge in [0.2, 0.25) is 11.7 Å². The average molecular weight is 265 g/mol. The summed E-state index contributed by atoms with van der Waals surface area (Å²) in [6.07, 6.45) is 0.276. The van der Waals surface area contributed by atoms with Crippen molar-refractivity contribution in [1.29, 1.82) is 0 Å². The Morgan fingerprint density at radius 1 is 1.56 bits per heavy atom. The van der Waals surface area contributed by atoms with Gasteiger partial charge in [0.05, 0.1) is 19.3 Å². The third-order valence-electron chi connectivity index (χ3n) is 2.93. The van der Waals surface area contributed by atoms with E-state index < -0.39 is 0 Å². The van der Waals surface area contributed by atoms with Crippen molar-refractivity contribution in [3.05, 3.63) is 22.7 Å². The van der Waals surface area contributed by atoms with Gasteiger partial charge in [-0.25, -0.2) is 0 Å². The largest absolute Gasteiger partial charge is 0.376 e. The predicted molar refractivity (Wildman–Crippen MR) is 68.3 cm³/mol. The molecule has 96 valence electrons. The van der Waals surface area contributed by atoms with Crippen LogP contribution in [0.15, 0.2) is 21.3 Å². The van der Waals surface area contributed by atoms with Gasteiger partial charge in [-0.2, -0.15) is 16.3 Å². The quantitative estimate of drug-likeness (QED) is 0.849. The van der Waals surface area contributed by atoms with E-state index in [0.29, 0.717) is 18.3 Å². The molecule has 0 N–H and O–H groups in total. The zero-order valence-corrected chi connectivity index (χ0v) is 11.0. The number of hydrogen-bond donors (Lipinski definition) is 0. The second-order valence-corrected chi connectivity index (χ2v) is 5.22. The monoisotopic (exact) mass is 265 g/mol. The van der Waals surface area contributed by atoms with Gasteiger partial charge in [-0.1, -0.05) is 5.16 Å². The molecule has 1 saturated heterocycles. The van der Waals surface area contributed by atoms with E-state index in [9.17, 15) is 0 Å². The lowest BCUT2D eigenvalue weighted by Gasteiger charge is -2.29. The summed E-state index contributed by atoms with van der Waals surface area (Å²) in [7, 11) is 0. The number of rotatable bonds is 3. The van der Waals surface area contributed by atoms with Gasteiger partial charge in [-0.05, 0) is 18.4 Å². The maximum Gasteiger partial charge on any atom is 0.241 e. The standard InChI is InChI=1S/C12H15N3O2S/c1-9-6-15(3-4-16-9)7-11-13-12(14-17-11)10-2-5-18-8-10/h2,5,8-9H,3-4,6-7H2,1H3. The SMILES string of the molecule is CC1CN(Cc2nc(-c3ccsc3)no2)CCO1. The second kappa shape index (κ2) is 5.17. The molecule has 0 aliphatic carbocycles. The summed E-state index contributed by atoms with van der Waals surface area (Å²) in [4.78, 5) is 6.70. The molecular formula is C12H15N3O2S. The highest BCUT2D eigenvalue weighted by atomic mass is 32.1. The van der Waals surface area contributed by atoms with Crippen molar-refractivity contribution >= 4 is 11.3 Å². The van der Waals surface area contributed by atoms with Crippen molar-refractivity contribution in [2.45, 2.75) is 19.6 Å². The molecule has 3 rings (SSSR count). The van der Waals surface area contributed by atoms with Crippen LogP contribution in [0.25, 0.3) is 11.4 Å². The molecule has 2 aromatic heterocycles. The Labute approximate surface area is 109 Å². The lowest BCUT2D eigenvalue weighted by molar-refractivity contribution is -0.0240. The van der Waals surface area contributed by atoms with E-state index in [-0.39, 0.29) is 6.10 Å². The molecule has 5 nitrogen and oxygen atoms in total. The summed E-state index contributed by atoms with van der Waals surface area (Å²) in [6.45, 7) is 5.38. The van der Waals surface area contributed by atoms with Crippen LogP contribution in [0.4, 0.5) is 0 Å². The molecule has 0 aromatic carbocycles. The smallest absolute Gasteiger partial charge is 0.241 e. The van der Waals surface area contributed by atoms with Crippen molar-refractivity contribution in [1.82, 2.24) is 15.0 Å². The van der Waals surface area contributed by atoms with Crippen LogP contribution in [0, 0.1) is 0 Å². The van der Waals surface area contributed by atoms with Gasteiger partial charge in [-0.3, -0.25) is 4.90 Å². The van der Waals surface area contributed by atoms with E-state index in [1.807, 2.05) is 16.8 Å². The number of thiophene rings is 1. The van der Waals surface area contributed by atoms with Crippen molar-refractivity contribution in [2.24, 2.45) is 0 Å². The Morgan fingerprint density at radius 3 is 3.28 bits per heavy atom. The highest BCUT2D eigenvalue weighted by Gasteiger charge is 2.19. The molecule has 0 spiro atoms. The molecule has 0 amide bonds. The molecule has 18 heavy (non-hydrogen) atoms. The highest BCUT2D eigenvalue weighted by molar-refractivity contribution is 7.08. The maximum atomic E-state index is 5.50. The molecule has 0 bridgehead atoms. The van der Waals surface area contributed by atoms with Gasteiger partial charge >= 0.3 is 0 Å². The third-order valence-corrected chi connectivity index (χ3v) is 3.61. The molecule has 1 aliphatic rings. The summed E-state index contributed by atoms with van der Waals surface area (Å²) in [6, 6.07) is 2.00. The van der Waals surface area contributed by atoms with Gasteiger partial charge < -0.3 is 9.26 Å². The molecule has 1 aliphatic heterocycles. The van der Waals surface area contributed by atoms with E-state index in [2.05, 4.69) is 22.0 Å². The molecule has 1 atom stereocenters. The Bertz CT molecular complexity index is 497. The minimum atomic E-state index is 0.276. The van der Waals surface area contributed by atoms with E-state index in [4.69, 9.17) is 9.26 Å². The van der Waals surface area contributed by atoms with Crippen LogP contribution >= 0.6 is 11.3 Å². The second-order valence-electron chi connectivity index (χ2n) is 4.44. The highest BCUT2D eigenvalue weighted by Crippen LogP contribution is 2.19. The van der Waals surface area contributed by atoms with Crippen molar-refractivity contribution in [2.75, 3.05) is 19.7 Å². The Balaban J connectivity index is 1.66. The fraction of sp³-hybridized carbons (Fsp3) is 0.500. The summed E-state index contributed by atoms with van der Waals surface area (Å²) in [5, 5.41) is 8.03. The first-order valence-electron chi connectivity index (χ1n) is 6.00. The number of ether oxygens (including phenoxy) is 1. The first kappa shape index (κ1) is 11.8. The van der Waals surface area contributed by atoms with Crippen LogP contribution in [0.5, 0.6) is 0 Å². The van der Waals surface area contributed by atoms with Crippen LogP contribution in [0.1, 0.15) is 12.8 Å². The van der Waals surface area contributed by atoms with Crippen molar-refractivity contribution < 1.29 is 9.26 Å². The number of nitrogens with zero attached hydrogens (tertiary/aromatic N) is 3. The van der Waals surface area contributed by atoms with E-state index in [1.54, 1.807) is 11.3 Å². The van der Waals surface area contributed by atoms with Crippen LogP contribution in [0.3, 0.4) is 0 Å². The molecule has 6 heteroatoms. The van der Waals surface area contributed by atoms with Crippen molar-refractivity contribution in [3.8, 4) is 11.4 Å². The first-order chi connectivity index (χ1) is 8.81. The average Bonchev–Trinajstić information content (AvgIpc) is 2.98. The van der Waals surface area contributed by atoms with Gasteiger partial charge in [-0.15, -0.1) is 0 Å². The topological polar surface area (TPSA) is 51.4 Å². The maximum absolute atomic E-state index is 5.50. The number of aromatic nitrogens is 2. The lowest BCUT2D eigenvalue weighted by atomic mass is 10.3. The molecule has 2 aromatic rings. The fourth-order valence-corrected chi connectivity index (χ4v) is 2.69. The van der Waals surface area contributed by atoms with E-state index >= 15 is 0 Å². The summed E-state index contributed by atoms with van der Waals surface area (Å²) >= 11 is 1.63. The third kappa shape index (κ3) is 2.60. The molecule has 0 radical (unpaired) electrons. The Morgan fingerprint density at radius 2 is 2.50 bits per heavy atom. The van der Waals surface area contributed by atoms with Gasteiger partial charge in [0.15, 0.2) is 0 Å². The Kier molecular flexibility index (Phi) is 3.40. The Hall–Kier alpha value is -1.24. The normalized spacial score (nSPS) is 21.3. The van der Waals surface area contributed by atoms with Gasteiger partial charge in [0.1, 0.15) is 0 Å². The molecule has 3 heterocycles. The minimum Gasteiger partial charge on any atom is -0.376 e. The van der Waals surface area contributed by atoms with Gasteiger partial charge in [0, 0.05) is 24.0 Å². The summed E-state index contributed by atoms with van der Waals surface area (Å²) in [5.74, 6) is 1.35. The molecule has 1 fully saturated rings.